The number of Topliss-reactive ketones (excluding diaryl/α,β-unsaturated/α-hetero) is 1. The lowest BCUT2D eigenvalue weighted by molar-refractivity contribution is -0.128. The van der Waals surface area contributed by atoms with Crippen LogP contribution in [0.3, 0.4) is 0 Å². The molecule has 76 valence electrons. The Hall–Kier alpha value is -0.370. The van der Waals surface area contributed by atoms with Crippen molar-refractivity contribution in [2.24, 2.45) is 11.3 Å². The summed E-state index contributed by atoms with van der Waals surface area (Å²) in [6.07, 6.45) is 2.44. The van der Waals surface area contributed by atoms with E-state index in [1.54, 1.807) is 6.92 Å². The Balaban J connectivity index is 2.64. The SMILES string of the molecule is CC(=O)C(C)(C)C1CCCN(C)C1. The number of likely N-dealkylation sites (tertiary alicyclic amines) is 1. The maximum Gasteiger partial charge on any atom is 0.135 e. The summed E-state index contributed by atoms with van der Waals surface area (Å²) in [7, 11) is 2.14. The smallest absolute Gasteiger partial charge is 0.135 e. The quantitative estimate of drug-likeness (QED) is 0.652. The van der Waals surface area contributed by atoms with E-state index >= 15 is 0 Å². The molecule has 0 aromatic carbocycles. The van der Waals surface area contributed by atoms with E-state index in [2.05, 4.69) is 25.8 Å². The second-order valence-electron chi connectivity index (χ2n) is 4.88. The number of hydrogen-bond donors (Lipinski definition) is 0. The number of nitrogens with zero attached hydrogens (tertiary/aromatic N) is 1. The first-order valence-corrected chi connectivity index (χ1v) is 5.14. The van der Waals surface area contributed by atoms with E-state index in [0.717, 1.165) is 6.54 Å². The van der Waals surface area contributed by atoms with Crippen LogP contribution in [0.25, 0.3) is 0 Å². The van der Waals surface area contributed by atoms with Crippen LogP contribution in [0.4, 0.5) is 0 Å². The van der Waals surface area contributed by atoms with Crippen LogP contribution in [0, 0.1) is 11.3 Å². The highest BCUT2D eigenvalue weighted by Crippen LogP contribution is 2.34. The van der Waals surface area contributed by atoms with Crippen molar-refractivity contribution in [1.29, 1.82) is 0 Å². The van der Waals surface area contributed by atoms with Crippen molar-refractivity contribution < 1.29 is 4.79 Å². The number of rotatable bonds is 2. The van der Waals surface area contributed by atoms with E-state index in [-0.39, 0.29) is 5.41 Å². The fourth-order valence-corrected chi connectivity index (χ4v) is 2.04. The van der Waals surface area contributed by atoms with Gasteiger partial charge < -0.3 is 4.90 Å². The molecular formula is C11H21NO. The third-order valence-electron chi connectivity index (χ3n) is 3.55. The normalized spacial score (nSPS) is 26.0. The minimum absolute atomic E-state index is 0.130. The molecule has 0 radical (unpaired) electrons. The Bertz CT molecular complexity index is 198. The van der Waals surface area contributed by atoms with Crippen molar-refractivity contribution in [2.75, 3.05) is 20.1 Å². The van der Waals surface area contributed by atoms with Gasteiger partial charge in [0.1, 0.15) is 5.78 Å². The van der Waals surface area contributed by atoms with E-state index in [9.17, 15) is 4.79 Å². The Morgan fingerprint density at radius 1 is 1.46 bits per heavy atom. The van der Waals surface area contributed by atoms with E-state index in [1.807, 2.05) is 0 Å². The van der Waals surface area contributed by atoms with Crippen LogP contribution < -0.4 is 0 Å². The molecule has 1 saturated heterocycles. The largest absolute Gasteiger partial charge is 0.306 e. The van der Waals surface area contributed by atoms with Gasteiger partial charge in [-0.05, 0) is 39.3 Å². The van der Waals surface area contributed by atoms with Gasteiger partial charge in [0.05, 0.1) is 0 Å². The maximum atomic E-state index is 11.5. The van der Waals surface area contributed by atoms with Crippen LogP contribution >= 0.6 is 0 Å². The van der Waals surface area contributed by atoms with Gasteiger partial charge in [-0.15, -0.1) is 0 Å². The predicted molar refractivity (Wildman–Crippen MR) is 54.7 cm³/mol. The summed E-state index contributed by atoms with van der Waals surface area (Å²) >= 11 is 0. The molecule has 1 rings (SSSR count). The highest BCUT2D eigenvalue weighted by molar-refractivity contribution is 5.81. The van der Waals surface area contributed by atoms with Crippen LogP contribution in [0.5, 0.6) is 0 Å². The lowest BCUT2D eigenvalue weighted by Gasteiger charge is -2.38. The van der Waals surface area contributed by atoms with Crippen LogP contribution in [-0.4, -0.2) is 30.8 Å². The average molecular weight is 183 g/mol. The number of hydrogen-bond acceptors (Lipinski definition) is 2. The number of carbonyl (C=O) groups excluding carboxylic acids is 1. The first kappa shape index (κ1) is 10.7. The molecule has 2 nitrogen and oxygen atoms in total. The summed E-state index contributed by atoms with van der Waals surface area (Å²) < 4.78 is 0. The van der Waals surface area contributed by atoms with Crippen molar-refractivity contribution in [3.63, 3.8) is 0 Å². The topological polar surface area (TPSA) is 20.3 Å². The first-order chi connectivity index (χ1) is 5.94. The molecule has 2 heteroatoms. The lowest BCUT2D eigenvalue weighted by atomic mass is 9.72. The molecule has 0 aromatic heterocycles. The minimum atomic E-state index is -0.130. The zero-order valence-electron chi connectivity index (χ0n) is 9.26. The summed E-state index contributed by atoms with van der Waals surface area (Å²) in [4.78, 5) is 13.8. The molecule has 0 aliphatic carbocycles. The molecule has 1 aliphatic heterocycles. The number of carbonyl (C=O) groups is 1. The highest BCUT2D eigenvalue weighted by atomic mass is 16.1. The molecule has 0 N–H and O–H groups in total. The minimum Gasteiger partial charge on any atom is -0.306 e. The third-order valence-corrected chi connectivity index (χ3v) is 3.55. The number of ketones is 1. The molecule has 0 saturated carbocycles. The Kier molecular flexibility index (Phi) is 3.12. The zero-order valence-corrected chi connectivity index (χ0v) is 9.26. The van der Waals surface area contributed by atoms with Crippen LogP contribution in [0.15, 0.2) is 0 Å². The molecule has 1 aliphatic rings. The van der Waals surface area contributed by atoms with Gasteiger partial charge >= 0.3 is 0 Å². The highest BCUT2D eigenvalue weighted by Gasteiger charge is 2.35. The van der Waals surface area contributed by atoms with E-state index < -0.39 is 0 Å². The Morgan fingerprint density at radius 2 is 2.08 bits per heavy atom. The van der Waals surface area contributed by atoms with Gasteiger partial charge in [0.25, 0.3) is 0 Å². The van der Waals surface area contributed by atoms with Crippen LogP contribution in [-0.2, 0) is 4.79 Å². The van der Waals surface area contributed by atoms with Gasteiger partial charge in [0.15, 0.2) is 0 Å². The molecular weight excluding hydrogens is 162 g/mol. The van der Waals surface area contributed by atoms with Crippen molar-refractivity contribution in [3.05, 3.63) is 0 Å². The molecule has 13 heavy (non-hydrogen) atoms. The van der Waals surface area contributed by atoms with Gasteiger partial charge in [0.2, 0.25) is 0 Å². The fraction of sp³-hybridized carbons (Fsp3) is 0.909. The molecule has 1 fully saturated rings. The van der Waals surface area contributed by atoms with Gasteiger partial charge in [0, 0.05) is 12.0 Å². The van der Waals surface area contributed by atoms with Crippen molar-refractivity contribution in [2.45, 2.75) is 33.6 Å². The van der Waals surface area contributed by atoms with Crippen molar-refractivity contribution >= 4 is 5.78 Å². The second kappa shape index (κ2) is 3.79. The van der Waals surface area contributed by atoms with Gasteiger partial charge in [-0.25, -0.2) is 0 Å². The molecule has 0 amide bonds. The molecule has 0 bridgehead atoms. The average Bonchev–Trinajstić information content (AvgIpc) is 2.04. The monoisotopic (exact) mass is 183 g/mol. The molecule has 1 heterocycles. The van der Waals surface area contributed by atoms with E-state index in [0.29, 0.717) is 11.7 Å². The molecule has 1 unspecified atom stereocenters. The van der Waals surface area contributed by atoms with Crippen LogP contribution in [0.2, 0.25) is 0 Å². The molecule has 0 aromatic rings. The van der Waals surface area contributed by atoms with E-state index in [1.165, 1.54) is 19.4 Å². The predicted octanol–water partition coefficient (Wildman–Crippen LogP) is 1.94. The Labute approximate surface area is 81.3 Å². The molecule has 1 atom stereocenters. The molecule has 0 spiro atoms. The summed E-state index contributed by atoms with van der Waals surface area (Å²) in [6, 6.07) is 0. The second-order valence-corrected chi connectivity index (χ2v) is 4.88. The summed E-state index contributed by atoms with van der Waals surface area (Å²) in [5.41, 5.74) is -0.130. The fourth-order valence-electron chi connectivity index (χ4n) is 2.04. The zero-order chi connectivity index (χ0) is 10.1. The Morgan fingerprint density at radius 3 is 2.54 bits per heavy atom. The van der Waals surface area contributed by atoms with E-state index in [4.69, 9.17) is 0 Å². The van der Waals surface area contributed by atoms with Gasteiger partial charge in [-0.1, -0.05) is 13.8 Å². The van der Waals surface area contributed by atoms with Crippen molar-refractivity contribution in [1.82, 2.24) is 4.90 Å². The lowest BCUT2D eigenvalue weighted by Crippen LogP contribution is -2.42. The number of piperidine rings is 1. The van der Waals surface area contributed by atoms with Gasteiger partial charge in [-0.3, -0.25) is 4.79 Å². The van der Waals surface area contributed by atoms with Crippen LogP contribution in [0.1, 0.15) is 33.6 Å². The maximum absolute atomic E-state index is 11.5. The summed E-state index contributed by atoms with van der Waals surface area (Å²) in [5.74, 6) is 0.872. The first-order valence-electron chi connectivity index (χ1n) is 5.14. The summed E-state index contributed by atoms with van der Waals surface area (Å²) in [6.45, 7) is 8.14. The standard InChI is InChI=1S/C11H21NO/c1-9(13)11(2,3)10-6-5-7-12(4)8-10/h10H,5-8H2,1-4H3. The summed E-state index contributed by atoms with van der Waals surface area (Å²) in [5, 5.41) is 0. The van der Waals surface area contributed by atoms with Crippen molar-refractivity contribution in [3.8, 4) is 0 Å². The van der Waals surface area contributed by atoms with Gasteiger partial charge in [-0.2, -0.15) is 0 Å². The third kappa shape index (κ3) is 2.31.